The zero-order valence-corrected chi connectivity index (χ0v) is 10.2. The Morgan fingerprint density at radius 1 is 1.38 bits per heavy atom. The number of aryl methyl sites for hydroxylation is 1. The fraction of sp³-hybridized carbons (Fsp3) is 0.667. The predicted molar refractivity (Wildman–Crippen MR) is 62.5 cm³/mol. The largest absolute Gasteiger partial charge is 0.486 e. The van der Waals surface area contributed by atoms with Crippen LogP contribution >= 0.6 is 0 Å². The highest BCUT2D eigenvalue weighted by Gasteiger charge is 2.25. The molecule has 2 rings (SSSR count). The van der Waals surface area contributed by atoms with Crippen molar-refractivity contribution in [1.29, 1.82) is 0 Å². The van der Waals surface area contributed by atoms with Crippen molar-refractivity contribution in [1.82, 2.24) is 14.9 Å². The maximum absolute atomic E-state index is 5.84. The van der Waals surface area contributed by atoms with Gasteiger partial charge in [-0.25, -0.2) is 9.97 Å². The highest BCUT2D eigenvalue weighted by Crippen LogP contribution is 2.18. The molecule has 2 heterocycles. The molecule has 1 aliphatic rings. The van der Waals surface area contributed by atoms with Gasteiger partial charge < -0.3 is 4.74 Å². The van der Waals surface area contributed by atoms with E-state index >= 15 is 0 Å². The molecule has 1 aromatic rings. The van der Waals surface area contributed by atoms with E-state index in [1.165, 1.54) is 0 Å². The van der Waals surface area contributed by atoms with Crippen molar-refractivity contribution in [2.24, 2.45) is 0 Å². The van der Waals surface area contributed by atoms with Crippen molar-refractivity contribution in [2.45, 2.75) is 39.3 Å². The van der Waals surface area contributed by atoms with E-state index in [9.17, 15) is 0 Å². The first-order chi connectivity index (χ1) is 7.65. The summed E-state index contributed by atoms with van der Waals surface area (Å²) in [5.41, 5.74) is 0. The quantitative estimate of drug-likeness (QED) is 0.778. The monoisotopic (exact) mass is 221 g/mol. The van der Waals surface area contributed by atoms with Gasteiger partial charge in [-0.2, -0.15) is 0 Å². The van der Waals surface area contributed by atoms with Crippen LogP contribution in [0.1, 0.15) is 26.1 Å². The first-order valence-electron chi connectivity index (χ1n) is 5.84. The van der Waals surface area contributed by atoms with Crippen molar-refractivity contribution in [3.05, 3.63) is 18.2 Å². The fourth-order valence-corrected chi connectivity index (χ4v) is 1.95. The Labute approximate surface area is 96.7 Å². The van der Waals surface area contributed by atoms with Crippen LogP contribution in [0.5, 0.6) is 5.75 Å². The summed E-state index contributed by atoms with van der Waals surface area (Å²) in [4.78, 5) is 10.7. The second kappa shape index (κ2) is 4.78. The van der Waals surface area contributed by atoms with E-state index in [4.69, 9.17) is 4.74 Å². The van der Waals surface area contributed by atoms with E-state index in [-0.39, 0.29) is 6.10 Å². The topological polar surface area (TPSA) is 38.2 Å². The van der Waals surface area contributed by atoms with E-state index < -0.39 is 0 Å². The molecule has 1 aromatic heterocycles. The standard InChI is InChI=1S/C12H19N3O/c1-9(2)15-5-4-11(8-15)16-12-6-13-10(3)14-7-12/h6-7,9,11H,4-5,8H2,1-3H3. The first-order valence-corrected chi connectivity index (χ1v) is 5.84. The second-order valence-corrected chi connectivity index (χ2v) is 4.58. The van der Waals surface area contributed by atoms with E-state index in [1.54, 1.807) is 12.4 Å². The summed E-state index contributed by atoms with van der Waals surface area (Å²) in [5, 5.41) is 0. The number of hydrogen-bond donors (Lipinski definition) is 0. The highest BCUT2D eigenvalue weighted by atomic mass is 16.5. The third kappa shape index (κ3) is 2.70. The van der Waals surface area contributed by atoms with E-state index in [2.05, 4.69) is 28.7 Å². The van der Waals surface area contributed by atoms with Gasteiger partial charge in [0.2, 0.25) is 0 Å². The molecule has 0 radical (unpaired) electrons. The maximum Gasteiger partial charge on any atom is 0.156 e. The molecular formula is C12H19N3O. The zero-order chi connectivity index (χ0) is 11.5. The lowest BCUT2D eigenvalue weighted by Crippen LogP contribution is -2.30. The van der Waals surface area contributed by atoms with Crippen LogP contribution < -0.4 is 4.74 Å². The van der Waals surface area contributed by atoms with Gasteiger partial charge in [0.25, 0.3) is 0 Å². The zero-order valence-electron chi connectivity index (χ0n) is 10.2. The molecule has 4 nitrogen and oxygen atoms in total. The molecule has 0 aliphatic carbocycles. The van der Waals surface area contributed by atoms with Crippen molar-refractivity contribution in [3.63, 3.8) is 0 Å². The van der Waals surface area contributed by atoms with Gasteiger partial charge in [-0.05, 0) is 27.2 Å². The summed E-state index contributed by atoms with van der Waals surface area (Å²) >= 11 is 0. The molecule has 88 valence electrons. The van der Waals surface area contributed by atoms with E-state index in [0.717, 1.165) is 31.1 Å². The van der Waals surface area contributed by atoms with Crippen molar-refractivity contribution in [2.75, 3.05) is 13.1 Å². The van der Waals surface area contributed by atoms with Crippen LogP contribution in [0, 0.1) is 6.92 Å². The van der Waals surface area contributed by atoms with Crippen LogP contribution in [0.15, 0.2) is 12.4 Å². The average molecular weight is 221 g/mol. The molecule has 16 heavy (non-hydrogen) atoms. The number of likely N-dealkylation sites (tertiary alicyclic amines) is 1. The van der Waals surface area contributed by atoms with Crippen LogP contribution in [-0.2, 0) is 0 Å². The first kappa shape index (κ1) is 11.3. The highest BCUT2D eigenvalue weighted by molar-refractivity contribution is 5.12. The number of rotatable bonds is 3. The van der Waals surface area contributed by atoms with Crippen LogP contribution in [-0.4, -0.2) is 40.1 Å². The van der Waals surface area contributed by atoms with Crippen molar-refractivity contribution < 1.29 is 4.74 Å². The Balaban J connectivity index is 1.89. The summed E-state index contributed by atoms with van der Waals surface area (Å²) in [6.07, 6.45) is 4.88. The van der Waals surface area contributed by atoms with E-state index in [0.29, 0.717) is 6.04 Å². The lowest BCUT2D eigenvalue weighted by molar-refractivity contribution is 0.186. The smallest absolute Gasteiger partial charge is 0.156 e. The van der Waals surface area contributed by atoms with Crippen LogP contribution in [0.2, 0.25) is 0 Å². The molecule has 0 amide bonds. The van der Waals surface area contributed by atoms with E-state index in [1.807, 2.05) is 6.92 Å². The Morgan fingerprint density at radius 2 is 2.06 bits per heavy atom. The fourth-order valence-electron chi connectivity index (χ4n) is 1.95. The molecule has 1 aliphatic heterocycles. The minimum atomic E-state index is 0.286. The molecule has 1 saturated heterocycles. The molecule has 4 heteroatoms. The average Bonchev–Trinajstić information content (AvgIpc) is 2.70. The summed E-state index contributed by atoms with van der Waals surface area (Å²) in [5.74, 6) is 1.56. The van der Waals surface area contributed by atoms with Gasteiger partial charge in [0.05, 0.1) is 12.4 Å². The molecule has 0 spiro atoms. The third-order valence-corrected chi connectivity index (χ3v) is 2.97. The molecule has 0 saturated carbocycles. The van der Waals surface area contributed by atoms with Gasteiger partial charge in [0.15, 0.2) is 5.75 Å². The summed E-state index contributed by atoms with van der Waals surface area (Å²) in [6.45, 7) is 8.44. The third-order valence-electron chi connectivity index (χ3n) is 2.97. The Bertz CT molecular complexity index is 337. The van der Waals surface area contributed by atoms with Gasteiger partial charge in [0.1, 0.15) is 11.9 Å². The van der Waals surface area contributed by atoms with Gasteiger partial charge in [-0.3, -0.25) is 4.90 Å². The van der Waals surface area contributed by atoms with Crippen molar-refractivity contribution >= 4 is 0 Å². The van der Waals surface area contributed by atoms with Crippen molar-refractivity contribution in [3.8, 4) is 5.75 Å². The summed E-state index contributed by atoms with van der Waals surface area (Å²) in [7, 11) is 0. The lowest BCUT2D eigenvalue weighted by atomic mass is 10.3. The normalized spacial score (nSPS) is 21.6. The number of nitrogens with zero attached hydrogens (tertiary/aromatic N) is 3. The van der Waals surface area contributed by atoms with Crippen LogP contribution in [0.4, 0.5) is 0 Å². The van der Waals surface area contributed by atoms with Crippen LogP contribution in [0.25, 0.3) is 0 Å². The SMILES string of the molecule is Cc1ncc(OC2CCN(C(C)C)C2)cn1. The minimum absolute atomic E-state index is 0.286. The number of aromatic nitrogens is 2. The lowest BCUT2D eigenvalue weighted by Gasteiger charge is -2.20. The summed E-state index contributed by atoms with van der Waals surface area (Å²) < 4.78 is 5.84. The Hall–Kier alpha value is -1.16. The molecular weight excluding hydrogens is 202 g/mol. The molecule has 0 aromatic carbocycles. The van der Waals surface area contributed by atoms with Gasteiger partial charge in [-0.15, -0.1) is 0 Å². The predicted octanol–water partition coefficient (Wildman–Crippen LogP) is 1.65. The van der Waals surface area contributed by atoms with Crippen LogP contribution in [0.3, 0.4) is 0 Å². The Morgan fingerprint density at radius 3 is 2.62 bits per heavy atom. The molecule has 1 fully saturated rings. The molecule has 1 atom stereocenters. The minimum Gasteiger partial charge on any atom is -0.486 e. The molecule has 0 N–H and O–H groups in total. The van der Waals surface area contributed by atoms with Gasteiger partial charge >= 0.3 is 0 Å². The second-order valence-electron chi connectivity index (χ2n) is 4.58. The maximum atomic E-state index is 5.84. The Kier molecular flexibility index (Phi) is 3.39. The summed E-state index contributed by atoms with van der Waals surface area (Å²) in [6, 6.07) is 0.600. The van der Waals surface area contributed by atoms with Gasteiger partial charge in [0, 0.05) is 19.1 Å². The number of ether oxygens (including phenoxy) is 1. The molecule has 1 unspecified atom stereocenters. The van der Waals surface area contributed by atoms with Gasteiger partial charge in [-0.1, -0.05) is 0 Å². The number of hydrogen-bond acceptors (Lipinski definition) is 4. The molecule has 0 bridgehead atoms.